The summed E-state index contributed by atoms with van der Waals surface area (Å²) in [6.45, 7) is -0.177. The first-order valence-corrected chi connectivity index (χ1v) is 10.9. The van der Waals surface area contributed by atoms with Gasteiger partial charge in [0.1, 0.15) is 11.8 Å². The van der Waals surface area contributed by atoms with Crippen LogP contribution in [0, 0.1) is 11.3 Å². The lowest BCUT2D eigenvalue weighted by atomic mass is 10.2. The van der Waals surface area contributed by atoms with Crippen LogP contribution < -0.4 is 15.4 Å². The summed E-state index contributed by atoms with van der Waals surface area (Å²) < 4.78 is 5.31. The number of anilines is 2. The number of halogens is 2. The van der Waals surface area contributed by atoms with Crippen molar-refractivity contribution < 1.29 is 9.53 Å². The highest BCUT2D eigenvalue weighted by atomic mass is 35.5. The van der Waals surface area contributed by atoms with Gasteiger partial charge < -0.3 is 15.4 Å². The number of thioether (sulfide) groups is 1. The zero-order valence-electron chi connectivity index (χ0n) is 16.8. The third-order valence-corrected chi connectivity index (χ3v) is 5.62. The molecule has 0 radical (unpaired) electrons. The molecule has 164 valence electrons. The number of hydrogen-bond acceptors (Lipinski definition) is 9. The molecule has 3 aromatic rings. The smallest absolute Gasteiger partial charge is 0.227 e. The van der Waals surface area contributed by atoms with Crippen molar-refractivity contribution in [1.82, 2.24) is 19.9 Å². The number of carbonyl (C=O) groups is 1. The van der Waals surface area contributed by atoms with Gasteiger partial charge in [0.15, 0.2) is 17.6 Å². The van der Waals surface area contributed by atoms with E-state index in [1.165, 1.54) is 17.8 Å². The molecule has 2 N–H and O–H groups in total. The van der Waals surface area contributed by atoms with E-state index >= 15 is 0 Å². The molecule has 0 saturated carbocycles. The number of ether oxygens (including phenoxy) is 1. The Morgan fingerprint density at radius 3 is 2.69 bits per heavy atom. The fourth-order valence-electron chi connectivity index (χ4n) is 2.59. The Hall–Kier alpha value is -3.13. The predicted octanol–water partition coefficient (Wildman–Crippen LogP) is 3.87. The van der Waals surface area contributed by atoms with E-state index in [0.29, 0.717) is 16.5 Å². The number of rotatable bonds is 8. The Kier molecular flexibility index (Phi) is 8.05. The van der Waals surface area contributed by atoms with Crippen LogP contribution in [-0.4, -0.2) is 45.3 Å². The molecule has 32 heavy (non-hydrogen) atoms. The van der Waals surface area contributed by atoms with Crippen LogP contribution in [0.15, 0.2) is 41.8 Å². The molecule has 0 fully saturated rings. The van der Waals surface area contributed by atoms with Gasteiger partial charge in [0.25, 0.3) is 0 Å². The number of nitrogens with zero attached hydrogens (tertiary/aromatic N) is 6. The lowest BCUT2D eigenvalue weighted by Crippen LogP contribution is -2.26. The lowest BCUT2D eigenvalue weighted by molar-refractivity contribution is -0.117. The largest absolute Gasteiger partial charge is 0.477 e. The van der Waals surface area contributed by atoms with Gasteiger partial charge in [0.05, 0.1) is 10.0 Å². The molecule has 0 bridgehead atoms. The fourth-order valence-corrected chi connectivity index (χ4v) is 3.88. The predicted molar refractivity (Wildman–Crippen MR) is 124 cm³/mol. The summed E-state index contributed by atoms with van der Waals surface area (Å²) >= 11 is 13.7. The minimum atomic E-state index is -0.177. The average Bonchev–Trinajstić information content (AvgIpc) is 2.78. The average molecular weight is 490 g/mol. The van der Waals surface area contributed by atoms with Gasteiger partial charge in [-0.3, -0.25) is 9.78 Å². The Labute approximate surface area is 198 Å². The zero-order chi connectivity index (χ0) is 23.1. The molecule has 12 heteroatoms. The third-order valence-electron chi connectivity index (χ3n) is 4.16. The van der Waals surface area contributed by atoms with Gasteiger partial charge in [-0.2, -0.15) is 15.2 Å². The highest BCUT2D eigenvalue weighted by Gasteiger charge is 2.16. The van der Waals surface area contributed by atoms with Gasteiger partial charge in [-0.15, -0.1) is 0 Å². The van der Waals surface area contributed by atoms with Crippen molar-refractivity contribution in [3.8, 4) is 23.2 Å². The van der Waals surface area contributed by atoms with Gasteiger partial charge in [0, 0.05) is 42.9 Å². The van der Waals surface area contributed by atoms with Gasteiger partial charge >= 0.3 is 0 Å². The van der Waals surface area contributed by atoms with E-state index < -0.39 is 0 Å². The third kappa shape index (κ3) is 5.97. The van der Waals surface area contributed by atoms with E-state index in [4.69, 9.17) is 38.9 Å². The van der Waals surface area contributed by atoms with Crippen molar-refractivity contribution in [2.45, 2.75) is 11.6 Å². The maximum Gasteiger partial charge on any atom is 0.227 e. The number of amides is 1. The molecule has 0 unspecified atom stereocenters. The molecule has 0 aliphatic heterocycles. The topological polar surface area (TPSA) is 131 Å². The van der Waals surface area contributed by atoms with Crippen LogP contribution >= 0.6 is 35.0 Å². The highest BCUT2D eigenvalue weighted by molar-refractivity contribution is 7.99. The maximum atomic E-state index is 12.4. The molecular formula is C20H17Cl2N7O2S. The summed E-state index contributed by atoms with van der Waals surface area (Å²) in [6.07, 6.45) is 3.52. The molecular weight excluding hydrogens is 473 g/mol. The van der Waals surface area contributed by atoms with Crippen LogP contribution in [0.1, 0.15) is 6.42 Å². The molecule has 1 amide bonds. The minimum Gasteiger partial charge on any atom is -0.477 e. The van der Waals surface area contributed by atoms with E-state index in [1.54, 1.807) is 42.5 Å². The minimum absolute atomic E-state index is 0.00300. The van der Waals surface area contributed by atoms with Crippen molar-refractivity contribution in [3.63, 3.8) is 0 Å². The number of hydrogen-bond donors (Lipinski definition) is 1. The lowest BCUT2D eigenvalue weighted by Gasteiger charge is -2.16. The summed E-state index contributed by atoms with van der Waals surface area (Å²) in [4.78, 5) is 30.6. The molecule has 2 aromatic heterocycles. The van der Waals surface area contributed by atoms with Crippen LogP contribution in [0.5, 0.6) is 5.75 Å². The standard InChI is InChI=1S/C20H17Cl2N7O2S/c1-29(12-2-6-25-7-3-12)17(30)4-9-32-20-27-18(26-19(24)28-20)13-10-16(31-8-5-23)15(22)11-14(13)21/h2-3,6-7,10-11H,4,8-9H2,1H3,(H2,24,26,27,28). The molecule has 0 saturated heterocycles. The van der Waals surface area contributed by atoms with E-state index in [2.05, 4.69) is 19.9 Å². The second-order valence-electron chi connectivity index (χ2n) is 6.27. The molecule has 3 rings (SSSR count). The van der Waals surface area contributed by atoms with Gasteiger partial charge in [-0.1, -0.05) is 35.0 Å². The van der Waals surface area contributed by atoms with Crippen molar-refractivity contribution in [1.29, 1.82) is 5.26 Å². The number of nitriles is 1. The van der Waals surface area contributed by atoms with Gasteiger partial charge in [0.2, 0.25) is 11.9 Å². The molecule has 0 aliphatic carbocycles. The fraction of sp³-hybridized carbons (Fsp3) is 0.200. The number of carbonyl (C=O) groups excluding carboxylic acids is 1. The van der Waals surface area contributed by atoms with E-state index in [-0.39, 0.29) is 46.5 Å². The number of aromatic nitrogens is 4. The summed E-state index contributed by atoms with van der Waals surface area (Å²) in [5, 5.41) is 9.61. The second-order valence-corrected chi connectivity index (χ2v) is 8.14. The number of benzene rings is 1. The van der Waals surface area contributed by atoms with Crippen molar-refractivity contribution >= 4 is 52.5 Å². The van der Waals surface area contributed by atoms with Crippen molar-refractivity contribution in [2.24, 2.45) is 0 Å². The van der Waals surface area contributed by atoms with E-state index in [1.807, 2.05) is 6.07 Å². The van der Waals surface area contributed by atoms with Gasteiger partial charge in [-0.25, -0.2) is 4.98 Å². The Morgan fingerprint density at radius 1 is 1.22 bits per heavy atom. The van der Waals surface area contributed by atoms with Crippen LogP contribution in [0.3, 0.4) is 0 Å². The molecule has 0 aliphatic rings. The Morgan fingerprint density at radius 2 is 1.97 bits per heavy atom. The van der Waals surface area contributed by atoms with Crippen molar-refractivity contribution in [2.75, 3.05) is 30.0 Å². The SMILES string of the molecule is CN(C(=O)CCSc1nc(N)nc(-c2cc(OCC#N)c(Cl)cc2Cl)n1)c1ccncc1. The summed E-state index contributed by atoms with van der Waals surface area (Å²) in [6, 6.07) is 8.41. The zero-order valence-corrected chi connectivity index (χ0v) is 19.2. The Balaban J connectivity index is 1.72. The Bertz CT molecular complexity index is 1160. The summed E-state index contributed by atoms with van der Waals surface area (Å²) in [5.74, 6) is 0.866. The van der Waals surface area contributed by atoms with E-state index in [0.717, 1.165) is 5.69 Å². The molecule has 1 aromatic carbocycles. The van der Waals surface area contributed by atoms with Gasteiger partial charge in [-0.05, 0) is 24.3 Å². The number of nitrogen functional groups attached to an aromatic ring is 1. The quantitative estimate of drug-likeness (QED) is 0.468. The van der Waals surface area contributed by atoms with Crippen LogP contribution in [0.2, 0.25) is 10.0 Å². The highest BCUT2D eigenvalue weighted by Crippen LogP contribution is 2.36. The summed E-state index contributed by atoms with van der Waals surface area (Å²) in [7, 11) is 1.70. The number of pyridine rings is 1. The second kappa shape index (κ2) is 10.9. The first-order valence-electron chi connectivity index (χ1n) is 9.19. The summed E-state index contributed by atoms with van der Waals surface area (Å²) in [5.41, 5.74) is 7.03. The van der Waals surface area contributed by atoms with Crippen molar-refractivity contribution in [3.05, 3.63) is 46.7 Å². The first-order chi connectivity index (χ1) is 15.4. The molecule has 9 nitrogen and oxygen atoms in total. The van der Waals surface area contributed by atoms with E-state index in [9.17, 15) is 4.79 Å². The first kappa shape index (κ1) is 23.5. The van der Waals surface area contributed by atoms with Crippen LogP contribution in [0.4, 0.5) is 11.6 Å². The normalized spacial score (nSPS) is 10.4. The van der Waals surface area contributed by atoms with Crippen LogP contribution in [-0.2, 0) is 4.79 Å². The number of nitrogens with two attached hydrogens (primary N) is 1. The maximum absolute atomic E-state index is 12.4. The van der Waals surface area contributed by atoms with Crippen LogP contribution in [0.25, 0.3) is 11.4 Å². The molecule has 2 heterocycles. The molecule has 0 spiro atoms. The molecule has 0 atom stereocenters. The monoisotopic (exact) mass is 489 g/mol.